The number of carbonyl (C=O) groups is 2. The summed E-state index contributed by atoms with van der Waals surface area (Å²) < 4.78 is 5.45. The Labute approximate surface area is 122 Å². The molecule has 0 aliphatic rings. The number of nitrogens with one attached hydrogen (secondary N) is 1. The molecule has 0 unspecified atom stereocenters. The van der Waals surface area contributed by atoms with Crippen molar-refractivity contribution >= 4 is 29.0 Å². The molecule has 1 aromatic heterocycles. The van der Waals surface area contributed by atoms with E-state index in [0.717, 1.165) is 5.52 Å². The zero-order valence-corrected chi connectivity index (χ0v) is 12.0. The fourth-order valence-corrected chi connectivity index (χ4v) is 1.68. The van der Waals surface area contributed by atoms with Crippen molar-refractivity contribution in [2.75, 3.05) is 20.6 Å². The Bertz CT molecular complexity index is 641. The second kappa shape index (κ2) is 6.69. The van der Waals surface area contributed by atoms with Crippen LogP contribution in [0.25, 0.3) is 17.2 Å². The lowest BCUT2D eigenvalue weighted by molar-refractivity contribution is -0.128. The van der Waals surface area contributed by atoms with E-state index in [2.05, 4.69) is 10.3 Å². The standard InChI is InChI=1S/C15H17N3O3/c1-18(2)15(20)9-10-16-13(19)7-8-14-17-11-5-3-4-6-12(11)21-14/h3-8H,9-10H2,1-2H3,(H,16,19)/b8-7+. The molecule has 110 valence electrons. The maximum Gasteiger partial charge on any atom is 0.244 e. The first kappa shape index (κ1) is 14.8. The fourth-order valence-electron chi connectivity index (χ4n) is 1.68. The highest BCUT2D eigenvalue weighted by Crippen LogP contribution is 2.15. The number of carbonyl (C=O) groups excluding carboxylic acids is 2. The summed E-state index contributed by atoms with van der Waals surface area (Å²) in [4.78, 5) is 28.6. The molecular weight excluding hydrogens is 270 g/mol. The molecule has 2 aromatic rings. The lowest BCUT2D eigenvalue weighted by Gasteiger charge is -2.09. The summed E-state index contributed by atoms with van der Waals surface area (Å²) in [6.07, 6.45) is 3.11. The molecule has 0 saturated carbocycles. The predicted octanol–water partition coefficient (Wildman–Crippen LogP) is 1.44. The van der Waals surface area contributed by atoms with Gasteiger partial charge in [0.2, 0.25) is 17.7 Å². The van der Waals surface area contributed by atoms with Crippen LogP contribution in [0.4, 0.5) is 0 Å². The Kier molecular flexibility index (Phi) is 4.71. The maximum absolute atomic E-state index is 11.6. The second-order valence-electron chi connectivity index (χ2n) is 4.68. The number of aromatic nitrogens is 1. The largest absolute Gasteiger partial charge is 0.437 e. The highest BCUT2D eigenvalue weighted by molar-refractivity contribution is 5.91. The maximum atomic E-state index is 11.6. The van der Waals surface area contributed by atoms with Gasteiger partial charge in [0.25, 0.3) is 0 Å². The summed E-state index contributed by atoms with van der Waals surface area (Å²) in [6, 6.07) is 7.37. The van der Waals surface area contributed by atoms with Crippen LogP contribution in [0.5, 0.6) is 0 Å². The lowest BCUT2D eigenvalue weighted by Crippen LogP contribution is -2.29. The van der Waals surface area contributed by atoms with Crippen molar-refractivity contribution in [2.45, 2.75) is 6.42 Å². The normalized spacial score (nSPS) is 11.0. The van der Waals surface area contributed by atoms with E-state index in [4.69, 9.17) is 4.42 Å². The Morgan fingerprint density at radius 1 is 1.33 bits per heavy atom. The smallest absolute Gasteiger partial charge is 0.244 e. The molecule has 0 saturated heterocycles. The molecule has 0 aliphatic carbocycles. The number of nitrogens with zero attached hydrogens (tertiary/aromatic N) is 2. The number of hydrogen-bond acceptors (Lipinski definition) is 4. The molecule has 2 rings (SSSR count). The van der Waals surface area contributed by atoms with E-state index < -0.39 is 0 Å². The average molecular weight is 287 g/mol. The summed E-state index contributed by atoms with van der Waals surface area (Å²) in [6.45, 7) is 0.299. The van der Waals surface area contributed by atoms with Crippen LogP contribution in [0.15, 0.2) is 34.8 Å². The Balaban J connectivity index is 1.86. The third-order valence-corrected chi connectivity index (χ3v) is 2.82. The van der Waals surface area contributed by atoms with Crippen LogP contribution < -0.4 is 5.32 Å². The van der Waals surface area contributed by atoms with Gasteiger partial charge < -0.3 is 14.6 Å². The van der Waals surface area contributed by atoms with Crippen LogP contribution in [0.1, 0.15) is 12.3 Å². The third kappa shape index (κ3) is 4.17. The van der Waals surface area contributed by atoms with Crippen LogP contribution >= 0.6 is 0 Å². The number of rotatable bonds is 5. The van der Waals surface area contributed by atoms with E-state index >= 15 is 0 Å². The molecular formula is C15H17N3O3. The third-order valence-electron chi connectivity index (χ3n) is 2.82. The zero-order chi connectivity index (χ0) is 15.2. The molecule has 6 nitrogen and oxygen atoms in total. The molecule has 21 heavy (non-hydrogen) atoms. The van der Waals surface area contributed by atoms with Crippen molar-refractivity contribution in [3.63, 3.8) is 0 Å². The summed E-state index contributed by atoms with van der Waals surface area (Å²) in [5.41, 5.74) is 1.42. The predicted molar refractivity (Wildman–Crippen MR) is 79.4 cm³/mol. The first-order valence-corrected chi connectivity index (χ1v) is 6.58. The van der Waals surface area contributed by atoms with Crippen molar-refractivity contribution < 1.29 is 14.0 Å². The van der Waals surface area contributed by atoms with Crippen molar-refractivity contribution in [2.24, 2.45) is 0 Å². The van der Waals surface area contributed by atoms with Crippen molar-refractivity contribution in [1.82, 2.24) is 15.2 Å². The first-order valence-electron chi connectivity index (χ1n) is 6.58. The van der Waals surface area contributed by atoms with E-state index in [0.29, 0.717) is 18.0 Å². The van der Waals surface area contributed by atoms with Gasteiger partial charge in [0.1, 0.15) is 5.52 Å². The van der Waals surface area contributed by atoms with Gasteiger partial charge in [-0.2, -0.15) is 0 Å². The Hall–Kier alpha value is -2.63. The Morgan fingerprint density at radius 3 is 2.81 bits per heavy atom. The molecule has 6 heteroatoms. The molecule has 1 aromatic carbocycles. The van der Waals surface area contributed by atoms with Crippen LogP contribution in [0.2, 0.25) is 0 Å². The minimum Gasteiger partial charge on any atom is -0.437 e. The van der Waals surface area contributed by atoms with Gasteiger partial charge in [-0.3, -0.25) is 9.59 Å². The van der Waals surface area contributed by atoms with Crippen LogP contribution in [0.3, 0.4) is 0 Å². The summed E-state index contributed by atoms with van der Waals surface area (Å²) in [5.74, 6) is 0.0535. The van der Waals surface area contributed by atoms with Gasteiger partial charge in [-0.15, -0.1) is 0 Å². The lowest BCUT2D eigenvalue weighted by atomic mass is 10.3. The van der Waals surface area contributed by atoms with E-state index in [9.17, 15) is 9.59 Å². The van der Waals surface area contributed by atoms with Gasteiger partial charge in [0.05, 0.1) is 0 Å². The topological polar surface area (TPSA) is 75.4 Å². The van der Waals surface area contributed by atoms with E-state index in [1.165, 1.54) is 17.1 Å². The number of oxazole rings is 1. The zero-order valence-electron chi connectivity index (χ0n) is 12.0. The summed E-state index contributed by atoms with van der Waals surface area (Å²) in [5, 5.41) is 2.63. The molecule has 1 heterocycles. The highest BCUT2D eigenvalue weighted by Gasteiger charge is 2.05. The molecule has 0 atom stereocenters. The van der Waals surface area contributed by atoms with Gasteiger partial charge in [0.15, 0.2) is 5.58 Å². The fraction of sp³-hybridized carbons (Fsp3) is 0.267. The van der Waals surface area contributed by atoms with Crippen LogP contribution in [0, 0.1) is 0 Å². The van der Waals surface area contributed by atoms with Crippen molar-refractivity contribution in [3.05, 3.63) is 36.2 Å². The van der Waals surface area contributed by atoms with Crippen LogP contribution in [-0.4, -0.2) is 42.3 Å². The number of fused-ring (bicyclic) bond motifs is 1. The Morgan fingerprint density at radius 2 is 2.10 bits per heavy atom. The van der Waals surface area contributed by atoms with E-state index in [1.54, 1.807) is 14.1 Å². The minimum atomic E-state index is -0.288. The molecule has 0 aliphatic heterocycles. The monoisotopic (exact) mass is 287 g/mol. The summed E-state index contributed by atoms with van der Waals surface area (Å²) in [7, 11) is 3.36. The molecule has 0 radical (unpaired) electrons. The quantitative estimate of drug-likeness (QED) is 0.844. The van der Waals surface area contributed by atoms with Gasteiger partial charge in [-0.05, 0) is 12.1 Å². The van der Waals surface area contributed by atoms with E-state index in [1.807, 2.05) is 24.3 Å². The molecule has 2 amide bonds. The van der Waals surface area contributed by atoms with Crippen LogP contribution in [-0.2, 0) is 9.59 Å². The second-order valence-corrected chi connectivity index (χ2v) is 4.68. The molecule has 0 fully saturated rings. The van der Waals surface area contributed by atoms with Gasteiger partial charge >= 0.3 is 0 Å². The molecule has 1 N–H and O–H groups in total. The van der Waals surface area contributed by atoms with E-state index in [-0.39, 0.29) is 18.2 Å². The average Bonchev–Trinajstić information content (AvgIpc) is 2.87. The minimum absolute atomic E-state index is 0.0294. The van der Waals surface area contributed by atoms with Gasteiger partial charge in [0, 0.05) is 39.2 Å². The number of amides is 2. The SMILES string of the molecule is CN(C)C(=O)CCNC(=O)/C=C/c1nc2ccccc2o1. The number of hydrogen-bond donors (Lipinski definition) is 1. The van der Waals surface area contributed by atoms with Crippen molar-refractivity contribution in [1.29, 1.82) is 0 Å². The van der Waals surface area contributed by atoms with Crippen molar-refractivity contribution in [3.8, 4) is 0 Å². The highest BCUT2D eigenvalue weighted by atomic mass is 16.3. The van der Waals surface area contributed by atoms with Gasteiger partial charge in [-0.25, -0.2) is 4.98 Å². The number of benzene rings is 1. The molecule has 0 bridgehead atoms. The first-order chi connectivity index (χ1) is 10.1. The van der Waals surface area contributed by atoms with Gasteiger partial charge in [-0.1, -0.05) is 12.1 Å². The number of para-hydroxylation sites is 2. The summed E-state index contributed by atoms with van der Waals surface area (Å²) >= 11 is 0. The molecule has 0 spiro atoms.